The number of benzene rings is 1. The second kappa shape index (κ2) is 2.73. The summed E-state index contributed by atoms with van der Waals surface area (Å²) in [7, 11) is 0. The van der Waals surface area contributed by atoms with Crippen LogP contribution in [0, 0.1) is 5.82 Å². The number of aliphatic carboxylic acids is 1. The second-order valence-corrected chi connectivity index (χ2v) is 2.90. The predicted molar refractivity (Wildman–Crippen MR) is 42.2 cm³/mol. The lowest BCUT2D eigenvalue weighted by atomic mass is 10.1. The van der Waals surface area contributed by atoms with E-state index in [4.69, 9.17) is 9.84 Å². The van der Waals surface area contributed by atoms with Gasteiger partial charge in [0.15, 0.2) is 6.10 Å². The van der Waals surface area contributed by atoms with Gasteiger partial charge in [0, 0.05) is 12.0 Å². The highest BCUT2D eigenvalue weighted by Gasteiger charge is 2.28. The Morgan fingerprint density at radius 2 is 2.38 bits per heavy atom. The van der Waals surface area contributed by atoms with Crippen LogP contribution in [0.5, 0.6) is 5.75 Å². The van der Waals surface area contributed by atoms with E-state index in [0.29, 0.717) is 11.3 Å². The summed E-state index contributed by atoms with van der Waals surface area (Å²) in [6.07, 6.45) is -0.626. The molecule has 68 valence electrons. The zero-order chi connectivity index (χ0) is 9.42. The summed E-state index contributed by atoms with van der Waals surface area (Å²) in [6.45, 7) is 0. The van der Waals surface area contributed by atoms with E-state index in [1.54, 1.807) is 0 Å². The number of hydrogen-bond donors (Lipinski definition) is 1. The van der Waals surface area contributed by atoms with Crippen molar-refractivity contribution in [1.82, 2.24) is 0 Å². The van der Waals surface area contributed by atoms with E-state index in [0.717, 1.165) is 0 Å². The molecule has 1 aliphatic heterocycles. The molecule has 0 radical (unpaired) electrons. The molecule has 0 aliphatic carbocycles. The van der Waals surface area contributed by atoms with Crippen LogP contribution in [0.3, 0.4) is 0 Å². The van der Waals surface area contributed by atoms with Crippen molar-refractivity contribution in [2.45, 2.75) is 12.5 Å². The first kappa shape index (κ1) is 8.04. The van der Waals surface area contributed by atoms with E-state index in [2.05, 4.69) is 0 Å². The van der Waals surface area contributed by atoms with Crippen LogP contribution in [0.1, 0.15) is 5.56 Å². The van der Waals surface area contributed by atoms with E-state index in [1.165, 1.54) is 18.2 Å². The molecular formula is C9H7FO3. The minimum Gasteiger partial charge on any atom is -0.478 e. The summed E-state index contributed by atoms with van der Waals surface area (Å²) in [5.41, 5.74) is 0.618. The van der Waals surface area contributed by atoms with Crippen molar-refractivity contribution in [3.63, 3.8) is 0 Å². The molecule has 4 heteroatoms. The lowest BCUT2D eigenvalue weighted by Crippen LogP contribution is -2.24. The van der Waals surface area contributed by atoms with Gasteiger partial charge in [-0.25, -0.2) is 9.18 Å². The molecule has 1 heterocycles. The van der Waals surface area contributed by atoms with Gasteiger partial charge in [-0.3, -0.25) is 0 Å². The minimum atomic E-state index is -1.02. The van der Waals surface area contributed by atoms with Gasteiger partial charge in [-0.05, 0) is 18.2 Å². The van der Waals surface area contributed by atoms with E-state index in [9.17, 15) is 9.18 Å². The van der Waals surface area contributed by atoms with Gasteiger partial charge in [-0.15, -0.1) is 0 Å². The van der Waals surface area contributed by atoms with Crippen molar-refractivity contribution in [2.24, 2.45) is 0 Å². The quantitative estimate of drug-likeness (QED) is 0.710. The summed E-state index contributed by atoms with van der Waals surface area (Å²) in [5.74, 6) is -0.918. The van der Waals surface area contributed by atoms with Gasteiger partial charge in [0.25, 0.3) is 0 Å². The Kier molecular flexibility index (Phi) is 1.69. The topological polar surface area (TPSA) is 46.5 Å². The average molecular weight is 182 g/mol. The van der Waals surface area contributed by atoms with Crippen LogP contribution in [-0.4, -0.2) is 17.2 Å². The summed E-state index contributed by atoms with van der Waals surface area (Å²) >= 11 is 0. The molecule has 0 bridgehead atoms. The average Bonchev–Trinajstić information content (AvgIpc) is 2.46. The van der Waals surface area contributed by atoms with Crippen LogP contribution >= 0.6 is 0 Å². The van der Waals surface area contributed by atoms with Crippen molar-refractivity contribution in [3.8, 4) is 5.75 Å². The Bertz CT molecular complexity index is 362. The number of carbonyl (C=O) groups is 1. The van der Waals surface area contributed by atoms with Crippen LogP contribution in [0.25, 0.3) is 0 Å². The van der Waals surface area contributed by atoms with Gasteiger partial charge in [0.2, 0.25) is 0 Å². The highest BCUT2D eigenvalue weighted by atomic mass is 19.1. The number of ether oxygens (including phenoxy) is 1. The van der Waals surface area contributed by atoms with Crippen molar-refractivity contribution < 1.29 is 19.0 Å². The van der Waals surface area contributed by atoms with Crippen molar-refractivity contribution in [2.75, 3.05) is 0 Å². The molecule has 0 aromatic heterocycles. The molecule has 0 saturated carbocycles. The lowest BCUT2D eigenvalue weighted by Gasteiger charge is -2.02. The maximum atomic E-state index is 12.7. The fraction of sp³-hybridized carbons (Fsp3) is 0.222. The molecule has 1 aliphatic rings. The van der Waals surface area contributed by atoms with Gasteiger partial charge in [0.1, 0.15) is 11.6 Å². The summed E-state index contributed by atoms with van der Waals surface area (Å²) in [6, 6.07) is 4.01. The lowest BCUT2D eigenvalue weighted by molar-refractivity contribution is -0.144. The van der Waals surface area contributed by atoms with Crippen LogP contribution in [0.4, 0.5) is 4.39 Å². The predicted octanol–water partition coefficient (Wildman–Crippen LogP) is 1.21. The monoisotopic (exact) mass is 182 g/mol. The third-order valence-electron chi connectivity index (χ3n) is 1.97. The third kappa shape index (κ3) is 1.35. The fourth-order valence-corrected chi connectivity index (χ4v) is 1.35. The number of hydrogen-bond acceptors (Lipinski definition) is 2. The Morgan fingerprint density at radius 1 is 1.62 bits per heavy atom. The molecule has 0 spiro atoms. The Hall–Kier alpha value is -1.58. The molecule has 0 fully saturated rings. The van der Waals surface area contributed by atoms with E-state index < -0.39 is 12.1 Å². The molecular weight excluding hydrogens is 175 g/mol. The van der Waals surface area contributed by atoms with Crippen molar-refractivity contribution >= 4 is 5.97 Å². The number of fused-ring (bicyclic) bond motifs is 1. The zero-order valence-electron chi connectivity index (χ0n) is 6.66. The summed E-state index contributed by atoms with van der Waals surface area (Å²) in [4.78, 5) is 10.5. The largest absolute Gasteiger partial charge is 0.478 e. The normalized spacial score (nSPS) is 19.3. The van der Waals surface area contributed by atoms with E-state index in [-0.39, 0.29) is 12.2 Å². The molecule has 1 N–H and O–H groups in total. The van der Waals surface area contributed by atoms with Gasteiger partial charge >= 0.3 is 5.97 Å². The fourth-order valence-electron chi connectivity index (χ4n) is 1.35. The molecule has 13 heavy (non-hydrogen) atoms. The standard InChI is InChI=1S/C9H7FO3/c10-6-1-2-7-5(3-6)4-8(13-7)9(11)12/h1-3,8H,4H2,(H,11,12)/t8-/m0/s1. The van der Waals surface area contributed by atoms with Crippen LogP contribution < -0.4 is 4.74 Å². The molecule has 1 atom stereocenters. The van der Waals surface area contributed by atoms with Crippen molar-refractivity contribution in [3.05, 3.63) is 29.6 Å². The maximum Gasteiger partial charge on any atom is 0.345 e. The smallest absolute Gasteiger partial charge is 0.345 e. The number of carboxylic acid groups (broad SMARTS) is 1. The van der Waals surface area contributed by atoms with E-state index in [1.807, 2.05) is 0 Å². The van der Waals surface area contributed by atoms with Crippen LogP contribution in [0.2, 0.25) is 0 Å². The van der Waals surface area contributed by atoms with Gasteiger partial charge in [0.05, 0.1) is 0 Å². The number of halogens is 1. The molecule has 1 aromatic rings. The molecule has 3 nitrogen and oxygen atoms in total. The molecule has 0 unspecified atom stereocenters. The van der Waals surface area contributed by atoms with Gasteiger partial charge in [-0.1, -0.05) is 0 Å². The Morgan fingerprint density at radius 3 is 3.08 bits per heavy atom. The highest BCUT2D eigenvalue weighted by Crippen LogP contribution is 2.29. The van der Waals surface area contributed by atoms with Gasteiger partial charge < -0.3 is 9.84 Å². The maximum absolute atomic E-state index is 12.7. The molecule has 2 rings (SSSR count). The van der Waals surface area contributed by atoms with Crippen molar-refractivity contribution in [1.29, 1.82) is 0 Å². The Balaban J connectivity index is 2.30. The second-order valence-electron chi connectivity index (χ2n) is 2.90. The Labute approximate surface area is 73.8 Å². The highest BCUT2D eigenvalue weighted by molar-refractivity contribution is 5.74. The molecule has 0 amide bonds. The third-order valence-corrected chi connectivity index (χ3v) is 1.97. The number of carboxylic acids is 1. The van der Waals surface area contributed by atoms with Crippen LogP contribution in [-0.2, 0) is 11.2 Å². The van der Waals surface area contributed by atoms with E-state index >= 15 is 0 Å². The first-order chi connectivity index (χ1) is 6.16. The SMILES string of the molecule is O=C(O)[C@@H]1Cc2cc(F)ccc2O1. The first-order valence-electron chi connectivity index (χ1n) is 3.85. The number of rotatable bonds is 1. The first-order valence-corrected chi connectivity index (χ1v) is 3.85. The molecule has 0 saturated heterocycles. The summed E-state index contributed by atoms with van der Waals surface area (Å²) in [5, 5.41) is 8.64. The minimum absolute atomic E-state index is 0.239. The molecule has 1 aromatic carbocycles. The van der Waals surface area contributed by atoms with Crippen LogP contribution in [0.15, 0.2) is 18.2 Å². The zero-order valence-corrected chi connectivity index (χ0v) is 6.66. The van der Waals surface area contributed by atoms with Gasteiger partial charge in [-0.2, -0.15) is 0 Å². The summed E-state index contributed by atoms with van der Waals surface area (Å²) < 4.78 is 17.7.